The smallest absolute Gasteiger partial charge is 0.293 e. The number of amides is 1. The lowest BCUT2D eigenvalue weighted by Gasteiger charge is -2.33. The number of piperidine rings is 2. The highest BCUT2D eigenvalue weighted by molar-refractivity contribution is 5.96. The molecule has 0 aromatic heterocycles. The van der Waals surface area contributed by atoms with Gasteiger partial charge in [-0.15, -0.1) is 0 Å². The molecular formula is C18H25N3O3. The fraction of sp³-hybridized carbons (Fsp3) is 0.611. The molecule has 0 saturated carbocycles. The van der Waals surface area contributed by atoms with Crippen molar-refractivity contribution in [2.75, 3.05) is 24.5 Å². The first-order chi connectivity index (χ1) is 11.6. The number of benzene rings is 1. The molecule has 2 fully saturated rings. The van der Waals surface area contributed by atoms with Gasteiger partial charge in [0.15, 0.2) is 0 Å². The van der Waals surface area contributed by atoms with Gasteiger partial charge in [-0.05, 0) is 57.6 Å². The van der Waals surface area contributed by atoms with Crippen molar-refractivity contribution in [1.82, 2.24) is 4.90 Å². The standard InChI is InChI=1S/C18H25N3O3/c1-14-7-3-6-12-20(14)18(22)15-8-9-16(17(13-15)21(23)24)19-10-4-2-5-11-19/h8-9,13-14H,2-7,10-12H2,1H3/t14-/m1/s1. The Morgan fingerprint density at radius 3 is 2.50 bits per heavy atom. The summed E-state index contributed by atoms with van der Waals surface area (Å²) in [5.41, 5.74) is 1.12. The molecule has 0 unspecified atom stereocenters. The van der Waals surface area contributed by atoms with Gasteiger partial charge in [0.05, 0.1) is 4.92 Å². The molecule has 2 aliphatic heterocycles. The fourth-order valence-corrected chi connectivity index (χ4v) is 3.77. The largest absolute Gasteiger partial charge is 0.366 e. The molecule has 2 saturated heterocycles. The molecule has 0 spiro atoms. The van der Waals surface area contributed by atoms with E-state index >= 15 is 0 Å². The quantitative estimate of drug-likeness (QED) is 0.627. The minimum atomic E-state index is -0.361. The summed E-state index contributed by atoms with van der Waals surface area (Å²) < 4.78 is 0. The number of nitro groups is 1. The molecular weight excluding hydrogens is 306 g/mol. The van der Waals surface area contributed by atoms with Gasteiger partial charge in [-0.25, -0.2) is 0 Å². The van der Waals surface area contributed by atoms with E-state index in [-0.39, 0.29) is 22.6 Å². The third-order valence-electron chi connectivity index (χ3n) is 5.18. The van der Waals surface area contributed by atoms with Crippen LogP contribution in [0.5, 0.6) is 0 Å². The van der Waals surface area contributed by atoms with Crippen LogP contribution in [0.3, 0.4) is 0 Å². The Hall–Kier alpha value is -2.11. The maximum Gasteiger partial charge on any atom is 0.293 e. The average molecular weight is 331 g/mol. The Labute approximate surface area is 142 Å². The van der Waals surface area contributed by atoms with Gasteiger partial charge in [0.2, 0.25) is 0 Å². The van der Waals surface area contributed by atoms with E-state index < -0.39 is 0 Å². The minimum Gasteiger partial charge on any atom is -0.366 e. The van der Waals surface area contributed by atoms with Crippen LogP contribution in [0.1, 0.15) is 55.8 Å². The van der Waals surface area contributed by atoms with E-state index in [0.29, 0.717) is 11.3 Å². The molecule has 130 valence electrons. The second-order valence-corrected chi connectivity index (χ2v) is 6.85. The van der Waals surface area contributed by atoms with Crippen molar-refractivity contribution < 1.29 is 9.72 Å². The van der Waals surface area contributed by atoms with Gasteiger partial charge in [0, 0.05) is 37.3 Å². The van der Waals surface area contributed by atoms with Crippen molar-refractivity contribution in [2.45, 2.75) is 51.5 Å². The Morgan fingerprint density at radius 2 is 1.83 bits per heavy atom. The van der Waals surface area contributed by atoms with Crippen molar-refractivity contribution >= 4 is 17.3 Å². The highest BCUT2D eigenvalue weighted by Crippen LogP contribution is 2.32. The molecule has 6 nitrogen and oxygen atoms in total. The van der Waals surface area contributed by atoms with E-state index in [4.69, 9.17) is 0 Å². The molecule has 0 N–H and O–H groups in total. The first kappa shape index (κ1) is 16.7. The minimum absolute atomic E-state index is 0.0485. The van der Waals surface area contributed by atoms with Gasteiger partial charge in [0.1, 0.15) is 5.69 Å². The van der Waals surface area contributed by atoms with Crippen molar-refractivity contribution in [3.05, 3.63) is 33.9 Å². The summed E-state index contributed by atoms with van der Waals surface area (Å²) in [4.78, 5) is 27.9. The lowest BCUT2D eigenvalue weighted by molar-refractivity contribution is -0.384. The van der Waals surface area contributed by atoms with Crippen molar-refractivity contribution in [3.8, 4) is 0 Å². The van der Waals surface area contributed by atoms with Gasteiger partial charge in [0.25, 0.3) is 11.6 Å². The normalized spacial score (nSPS) is 21.6. The Kier molecular flexibility index (Phi) is 5.02. The third-order valence-corrected chi connectivity index (χ3v) is 5.18. The predicted octanol–water partition coefficient (Wildman–Crippen LogP) is 3.60. The maximum atomic E-state index is 12.8. The highest BCUT2D eigenvalue weighted by atomic mass is 16.6. The average Bonchev–Trinajstić information content (AvgIpc) is 2.62. The number of nitro benzene ring substituents is 1. The third kappa shape index (κ3) is 3.37. The van der Waals surface area contributed by atoms with Crippen LogP contribution < -0.4 is 4.90 Å². The molecule has 2 aliphatic rings. The number of nitrogens with zero attached hydrogens (tertiary/aromatic N) is 3. The van der Waals surface area contributed by atoms with Gasteiger partial charge in [-0.3, -0.25) is 14.9 Å². The lowest BCUT2D eigenvalue weighted by atomic mass is 10.0. The summed E-state index contributed by atoms with van der Waals surface area (Å²) in [5, 5.41) is 11.5. The summed E-state index contributed by atoms with van der Waals surface area (Å²) in [5.74, 6) is -0.0875. The van der Waals surface area contributed by atoms with Crippen molar-refractivity contribution in [3.63, 3.8) is 0 Å². The Balaban J connectivity index is 1.88. The zero-order valence-electron chi connectivity index (χ0n) is 14.2. The van der Waals surface area contributed by atoms with E-state index in [1.54, 1.807) is 12.1 Å². The van der Waals surface area contributed by atoms with Crippen LogP contribution >= 0.6 is 0 Å². The van der Waals surface area contributed by atoms with E-state index in [9.17, 15) is 14.9 Å². The fourth-order valence-electron chi connectivity index (χ4n) is 3.77. The topological polar surface area (TPSA) is 66.7 Å². The van der Waals surface area contributed by atoms with Crippen LogP contribution in [-0.4, -0.2) is 41.4 Å². The number of hydrogen-bond donors (Lipinski definition) is 0. The summed E-state index contributed by atoms with van der Waals surface area (Å²) in [7, 11) is 0. The van der Waals surface area contributed by atoms with Crippen LogP contribution in [-0.2, 0) is 0 Å². The van der Waals surface area contributed by atoms with Crippen molar-refractivity contribution in [1.29, 1.82) is 0 Å². The second-order valence-electron chi connectivity index (χ2n) is 6.85. The molecule has 24 heavy (non-hydrogen) atoms. The SMILES string of the molecule is C[C@@H]1CCCCN1C(=O)c1ccc(N2CCCCC2)c([N+](=O)[O-])c1. The van der Waals surface area contributed by atoms with E-state index in [2.05, 4.69) is 4.90 Å². The lowest BCUT2D eigenvalue weighted by Crippen LogP contribution is -2.42. The Bertz CT molecular complexity index is 626. The zero-order valence-corrected chi connectivity index (χ0v) is 14.2. The maximum absolute atomic E-state index is 12.8. The summed E-state index contributed by atoms with van der Waals surface area (Å²) >= 11 is 0. The molecule has 0 aliphatic carbocycles. The van der Waals surface area contributed by atoms with E-state index in [1.165, 1.54) is 12.5 Å². The van der Waals surface area contributed by atoms with Gasteiger partial charge in [-0.2, -0.15) is 0 Å². The molecule has 6 heteroatoms. The first-order valence-corrected chi connectivity index (χ1v) is 8.92. The number of carbonyl (C=O) groups is 1. The number of carbonyl (C=O) groups excluding carboxylic acids is 1. The molecule has 1 atom stereocenters. The van der Waals surface area contributed by atoms with Crippen LogP contribution in [0.4, 0.5) is 11.4 Å². The van der Waals surface area contributed by atoms with Crippen LogP contribution in [0.25, 0.3) is 0 Å². The van der Waals surface area contributed by atoms with Gasteiger partial charge in [-0.1, -0.05) is 0 Å². The van der Waals surface area contributed by atoms with E-state index in [0.717, 1.165) is 51.7 Å². The number of likely N-dealkylation sites (tertiary alicyclic amines) is 1. The Morgan fingerprint density at radius 1 is 1.12 bits per heavy atom. The molecule has 0 radical (unpaired) electrons. The summed E-state index contributed by atoms with van der Waals surface area (Å²) in [6, 6.07) is 5.17. The van der Waals surface area contributed by atoms with Gasteiger partial charge >= 0.3 is 0 Å². The first-order valence-electron chi connectivity index (χ1n) is 8.92. The summed E-state index contributed by atoms with van der Waals surface area (Å²) in [6.45, 7) is 4.48. The molecule has 0 bridgehead atoms. The molecule has 1 aromatic rings. The van der Waals surface area contributed by atoms with Crippen LogP contribution in [0.2, 0.25) is 0 Å². The predicted molar refractivity (Wildman–Crippen MR) is 93.5 cm³/mol. The van der Waals surface area contributed by atoms with Crippen LogP contribution in [0.15, 0.2) is 18.2 Å². The highest BCUT2D eigenvalue weighted by Gasteiger charge is 2.27. The molecule has 3 rings (SSSR count). The molecule has 1 amide bonds. The number of rotatable bonds is 3. The molecule has 1 aromatic carbocycles. The second kappa shape index (κ2) is 7.20. The molecule has 2 heterocycles. The number of hydrogen-bond acceptors (Lipinski definition) is 4. The van der Waals surface area contributed by atoms with Crippen LogP contribution in [0, 0.1) is 10.1 Å². The number of anilines is 1. The zero-order chi connectivity index (χ0) is 17.1. The monoisotopic (exact) mass is 331 g/mol. The van der Waals surface area contributed by atoms with E-state index in [1.807, 2.05) is 11.8 Å². The van der Waals surface area contributed by atoms with Gasteiger partial charge < -0.3 is 9.80 Å². The van der Waals surface area contributed by atoms with Crippen molar-refractivity contribution in [2.24, 2.45) is 0 Å². The summed E-state index contributed by atoms with van der Waals surface area (Å²) in [6.07, 6.45) is 6.43.